The number of likely N-dealkylation sites (N-methyl/N-ethyl adjacent to an activating group) is 1. The monoisotopic (exact) mass is 320 g/mol. The SMILES string of the molecule is CCCN(CC)CCNS(=O)(=O)N1CCC(CNC)CC1. The van der Waals surface area contributed by atoms with Crippen molar-refractivity contribution in [1.82, 2.24) is 19.2 Å². The Bertz CT molecular complexity index is 367. The van der Waals surface area contributed by atoms with Crippen LogP contribution in [-0.4, -0.2) is 70.5 Å². The van der Waals surface area contributed by atoms with E-state index in [0.717, 1.165) is 45.4 Å². The molecule has 21 heavy (non-hydrogen) atoms. The minimum atomic E-state index is -3.30. The van der Waals surface area contributed by atoms with Gasteiger partial charge in [-0.15, -0.1) is 0 Å². The number of nitrogens with zero attached hydrogens (tertiary/aromatic N) is 2. The molecule has 0 saturated carbocycles. The molecule has 0 aromatic rings. The van der Waals surface area contributed by atoms with Crippen LogP contribution < -0.4 is 10.0 Å². The minimum absolute atomic E-state index is 0.493. The maximum absolute atomic E-state index is 12.3. The molecular weight excluding hydrogens is 288 g/mol. The fourth-order valence-electron chi connectivity index (χ4n) is 2.81. The first-order valence-corrected chi connectivity index (χ1v) is 9.59. The fraction of sp³-hybridized carbons (Fsp3) is 1.00. The Morgan fingerprint density at radius 3 is 2.38 bits per heavy atom. The van der Waals surface area contributed by atoms with Crippen molar-refractivity contribution in [2.45, 2.75) is 33.1 Å². The van der Waals surface area contributed by atoms with Crippen LogP contribution in [0.4, 0.5) is 0 Å². The summed E-state index contributed by atoms with van der Waals surface area (Å²) in [5, 5.41) is 3.17. The highest BCUT2D eigenvalue weighted by Gasteiger charge is 2.27. The molecule has 0 amide bonds. The van der Waals surface area contributed by atoms with Gasteiger partial charge in [-0.3, -0.25) is 0 Å². The number of nitrogens with one attached hydrogen (secondary N) is 2. The Hall–Kier alpha value is -0.210. The predicted octanol–water partition coefficient (Wildman–Crippen LogP) is 0.484. The zero-order chi connectivity index (χ0) is 15.7. The molecule has 1 fully saturated rings. The molecule has 1 saturated heterocycles. The second-order valence-electron chi connectivity index (χ2n) is 5.73. The van der Waals surface area contributed by atoms with Crippen LogP contribution in [-0.2, 0) is 10.2 Å². The van der Waals surface area contributed by atoms with Gasteiger partial charge in [-0.2, -0.15) is 12.7 Å². The first-order valence-electron chi connectivity index (χ1n) is 8.15. The van der Waals surface area contributed by atoms with Gasteiger partial charge in [-0.05, 0) is 51.9 Å². The summed E-state index contributed by atoms with van der Waals surface area (Å²) in [5.41, 5.74) is 0. The molecule has 0 aliphatic carbocycles. The van der Waals surface area contributed by atoms with Gasteiger partial charge in [0.05, 0.1) is 0 Å². The van der Waals surface area contributed by atoms with E-state index in [2.05, 4.69) is 28.8 Å². The van der Waals surface area contributed by atoms with Crippen LogP contribution in [0.2, 0.25) is 0 Å². The van der Waals surface area contributed by atoms with Gasteiger partial charge < -0.3 is 10.2 Å². The van der Waals surface area contributed by atoms with E-state index in [1.165, 1.54) is 0 Å². The second-order valence-corrected chi connectivity index (χ2v) is 7.49. The smallest absolute Gasteiger partial charge is 0.279 e. The van der Waals surface area contributed by atoms with Crippen molar-refractivity contribution in [1.29, 1.82) is 0 Å². The van der Waals surface area contributed by atoms with Crippen molar-refractivity contribution >= 4 is 10.2 Å². The largest absolute Gasteiger partial charge is 0.319 e. The number of hydrogen-bond donors (Lipinski definition) is 2. The van der Waals surface area contributed by atoms with E-state index < -0.39 is 10.2 Å². The first kappa shape index (κ1) is 18.8. The summed E-state index contributed by atoms with van der Waals surface area (Å²) < 4.78 is 28.8. The Kier molecular flexibility index (Phi) is 8.73. The Balaban J connectivity index is 2.33. The van der Waals surface area contributed by atoms with Gasteiger partial charge in [0.25, 0.3) is 10.2 Å². The van der Waals surface area contributed by atoms with E-state index in [0.29, 0.717) is 25.6 Å². The zero-order valence-electron chi connectivity index (χ0n) is 13.8. The summed E-state index contributed by atoms with van der Waals surface area (Å²) in [6.45, 7) is 9.75. The van der Waals surface area contributed by atoms with E-state index in [9.17, 15) is 8.42 Å². The highest BCUT2D eigenvalue weighted by Crippen LogP contribution is 2.18. The normalized spacial score (nSPS) is 18.5. The van der Waals surface area contributed by atoms with E-state index in [1.807, 2.05) is 7.05 Å². The van der Waals surface area contributed by atoms with E-state index in [4.69, 9.17) is 0 Å². The molecule has 0 spiro atoms. The average molecular weight is 321 g/mol. The summed E-state index contributed by atoms with van der Waals surface area (Å²) in [4.78, 5) is 2.27. The van der Waals surface area contributed by atoms with Crippen LogP contribution in [0.15, 0.2) is 0 Å². The van der Waals surface area contributed by atoms with Gasteiger partial charge >= 0.3 is 0 Å². The highest BCUT2D eigenvalue weighted by molar-refractivity contribution is 7.87. The average Bonchev–Trinajstić information content (AvgIpc) is 2.47. The first-order chi connectivity index (χ1) is 10.0. The molecule has 1 rings (SSSR count). The minimum Gasteiger partial charge on any atom is -0.319 e. The van der Waals surface area contributed by atoms with Crippen molar-refractivity contribution in [3.05, 3.63) is 0 Å². The summed E-state index contributed by atoms with van der Waals surface area (Å²) in [7, 11) is -1.36. The summed E-state index contributed by atoms with van der Waals surface area (Å²) in [5.74, 6) is 0.599. The third kappa shape index (κ3) is 6.61. The van der Waals surface area contributed by atoms with Crippen LogP contribution in [0, 0.1) is 5.92 Å². The topological polar surface area (TPSA) is 64.7 Å². The molecule has 0 bridgehead atoms. The molecule has 2 N–H and O–H groups in total. The van der Waals surface area contributed by atoms with Gasteiger partial charge in [-0.25, -0.2) is 4.72 Å². The fourth-order valence-corrected chi connectivity index (χ4v) is 4.03. The third-order valence-electron chi connectivity index (χ3n) is 4.11. The summed E-state index contributed by atoms with van der Waals surface area (Å²) in [6.07, 6.45) is 2.98. The Morgan fingerprint density at radius 1 is 1.19 bits per heavy atom. The molecule has 0 atom stereocenters. The lowest BCUT2D eigenvalue weighted by atomic mass is 9.98. The van der Waals surface area contributed by atoms with Gasteiger partial charge in [0.2, 0.25) is 0 Å². The number of rotatable bonds is 10. The van der Waals surface area contributed by atoms with Crippen molar-refractivity contribution in [2.24, 2.45) is 5.92 Å². The molecule has 1 aliphatic rings. The standard InChI is InChI=1S/C14H32N4O2S/c1-4-9-17(5-2)12-8-16-21(19,20)18-10-6-14(7-11-18)13-15-3/h14-16H,4-13H2,1-3H3. The number of piperidine rings is 1. The van der Waals surface area contributed by atoms with Crippen molar-refractivity contribution in [3.8, 4) is 0 Å². The van der Waals surface area contributed by atoms with Crippen LogP contribution in [0.5, 0.6) is 0 Å². The van der Waals surface area contributed by atoms with Crippen LogP contribution in [0.3, 0.4) is 0 Å². The molecular formula is C14H32N4O2S. The van der Waals surface area contributed by atoms with Crippen LogP contribution >= 0.6 is 0 Å². The Morgan fingerprint density at radius 2 is 1.86 bits per heavy atom. The van der Waals surface area contributed by atoms with Crippen molar-refractivity contribution in [3.63, 3.8) is 0 Å². The van der Waals surface area contributed by atoms with Crippen LogP contribution in [0.25, 0.3) is 0 Å². The summed E-state index contributed by atoms with van der Waals surface area (Å²) in [6, 6.07) is 0. The second kappa shape index (κ2) is 9.74. The van der Waals surface area contributed by atoms with Crippen LogP contribution in [0.1, 0.15) is 33.1 Å². The molecule has 1 heterocycles. The van der Waals surface area contributed by atoms with Gasteiger partial charge in [-0.1, -0.05) is 13.8 Å². The van der Waals surface area contributed by atoms with Crippen molar-refractivity contribution in [2.75, 3.05) is 52.9 Å². The molecule has 0 aromatic carbocycles. The summed E-state index contributed by atoms with van der Waals surface area (Å²) >= 11 is 0. The molecule has 7 heteroatoms. The lowest BCUT2D eigenvalue weighted by Crippen LogP contribution is -2.47. The lowest BCUT2D eigenvalue weighted by molar-refractivity contribution is 0.265. The van der Waals surface area contributed by atoms with E-state index in [-0.39, 0.29) is 0 Å². The van der Waals surface area contributed by atoms with E-state index >= 15 is 0 Å². The molecule has 6 nitrogen and oxygen atoms in total. The van der Waals surface area contributed by atoms with Crippen molar-refractivity contribution < 1.29 is 8.42 Å². The molecule has 1 aliphatic heterocycles. The molecule has 0 radical (unpaired) electrons. The predicted molar refractivity (Wildman–Crippen MR) is 87.6 cm³/mol. The zero-order valence-corrected chi connectivity index (χ0v) is 14.6. The Labute approximate surface area is 130 Å². The van der Waals surface area contributed by atoms with Gasteiger partial charge in [0.15, 0.2) is 0 Å². The molecule has 0 aromatic heterocycles. The van der Waals surface area contributed by atoms with E-state index in [1.54, 1.807) is 4.31 Å². The maximum atomic E-state index is 12.3. The van der Waals surface area contributed by atoms with Gasteiger partial charge in [0.1, 0.15) is 0 Å². The number of hydrogen-bond acceptors (Lipinski definition) is 4. The lowest BCUT2D eigenvalue weighted by Gasteiger charge is -2.31. The third-order valence-corrected chi connectivity index (χ3v) is 5.72. The maximum Gasteiger partial charge on any atom is 0.279 e. The quantitative estimate of drug-likeness (QED) is 0.615. The molecule has 126 valence electrons. The van der Waals surface area contributed by atoms with Gasteiger partial charge in [0, 0.05) is 26.2 Å². The molecule has 0 unspecified atom stereocenters. The highest BCUT2D eigenvalue weighted by atomic mass is 32.2.